The standard InChI is InChI=1S/C18H16ClFN2O2/c19-11-2-1-3-12(17(11)20)22-18(23)16-14-5-4-13(24-14)15(16)10-6-8-21-9-7-10/h1-3,6-9,13-16H,4-5H2,(H,22,23)/t13-,14+,15+,16+/m0/s1. The minimum atomic E-state index is -0.614. The molecule has 0 aliphatic carbocycles. The molecule has 4 atom stereocenters. The van der Waals surface area contributed by atoms with Crippen molar-refractivity contribution in [3.8, 4) is 0 Å². The molecule has 0 unspecified atom stereocenters. The number of fused-ring (bicyclic) bond motifs is 2. The quantitative estimate of drug-likeness (QED) is 0.920. The number of ether oxygens (including phenoxy) is 1. The Morgan fingerprint density at radius 3 is 2.75 bits per heavy atom. The molecule has 4 rings (SSSR count). The summed E-state index contributed by atoms with van der Waals surface area (Å²) in [5.74, 6) is -1.22. The second-order valence-electron chi connectivity index (χ2n) is 6.21. The van der Waals surface area contributed by atoms with Crippen LogP contribution in [-0.2, 0) is 9.53 Å². The first-order chi connectivity index (χ1) is 11.6. The highest BCUT2D eigenvalue weighted by Gasteiger charge is 2.52. The van der Waals surface area contributed by atoms with Crippen LogP contribution in [-0.4, -0.2) is 23.1 Å². The summed E-state index contributed by atoms with van der Waals surface area (Å²) in [6, 6.07) is 8.39. The Morgan fingerprint density at radius 2 is 1.96 bits per heavy atom. The second kappa shape index (κ2) is 6.15. The van der Waals surface area contributed by atoms with Crippen molar-refractivity contribution in [1.82, 2.24) is 4.98 Å². The first-order valence-corrected chi connectivity index (χ1v) is 8.33. The van der Waals surface area contributed by atoms with Gasteiger partial charge in [-0.3, -0.25) is 9.78 Å². The summed E-state index contributed by atoms with van der Waals surface area (Å²) in [5.41, 5.74) is 1.13. The van der Waals surface area contributed by atoms with Gasteiger partial charge in [-0.25, -0.2) is 4.39 Å². The normalized spacial score (nSPS) is 28.1. The molecule has 1 aromatic carbocycles. The lowest BCUT2D eigenvalue weighted by molar-refractivity contribution is -0.121. The monoisotopic (exact) mass is 346 g/mol. The minimum absolute atomic E-state index is 0.0114. The topological polar surface area (TPSA) is 51.2 Å². The molecule has 2 aliphatic rings. The van der Waals surface area contributed by atoms with Crippen molar-refractivity contribution in [3.05, 3.63) is 59.1 Å². The molecule has 2 aromatic rings. The van der Waals surface area contributed by atoms with Crippen LogP contribution in [0.15, 0.2) is 42.7 Å². The summed E-state index contributed by atoms with van der Waals surface area (Å²) in [6.45, 7) is 0. The Morgan fingerprint density at radius 1 is 1.21 bits per heavy atom. The molecule has 1 amide bonds. The third-order valence-corrected chi connectivity index (χ3v) is 5.17. The Kier molecular flexibility index (Phi) is 3.98. The van der Waals surface area contributed by atoms with Crippen LogP contribution in [0.1, 0.15) is 24.3 Å². The Bertz CT molecular complexity index is 771. The first-order valence-electron chi connectivity index (χ1n) is 7.95. The van der Waals surface area contributed by atoms with E-state index < -0.39 is 5.82 Å². The van der Waals surface area contributed by atoms with E-state index in [0.717, 1.165) is 18.4 Å². The molecule has 24 heavy (non-hydrogen) atoms. The highest BCUT2D eigenvalue weighted by molar-refractivity contribution is 6.31. The number of rotatable bonds is 3. The average molecular weight is 347 g/mol. The number of nitrogens with zero attached hydrogens (tertiary/aromatic N) is 1. The Labute approximate surface area is 144 Å². The van der Waals surface area contributed by atoms with Crippen LogP contribution in [0.25, 0.3) is 0 Å². The molecule has 2 saturated heterocycles. The number of hydrogen-bond acceptors (Lipinski definition) is 3. The number of carbonyl (C=O) groups is 1. The predicted molar refractivity (Wildman–Crippen MR) is 88.4 cm³/mol. The maximum atomic E-state index is 14.1. The van der Waals surface area contributed by atoms with Gasteiger partial charge in [0.2, 0.25) is 5.91 Å². The van der Waals surface area contributed by atoms with E-state index in [1.807, 2.05) is 12.1 Å². The van der Waals surface area contributed by atoms with Crippen LogP contribution in [0.4, 0.5) is 10.1 Å². The molecule has 4 nitrogen and oxygen atoms in total. The van der Waals surface area contributed by atoms with Gasteiger partial charge in [0.05, 0.1) is 28.8 Å². The smallest absolute Gasteiger partial charge is 0.230 e. The van der Waals surface area contributed by atoms with Crippen molar-refractivity contribution in [1.29, 1.82) is 0 Å². The Balaban J connectivity index is 1.62. The minimum Gasteiger partial charge on any atom is -0.373 e. The van der Waals surface area contributed by atoms with Crippen LogP contribution in [0.5, 0.6) is 0 Å². The zero-order valence-electron chi connectivity index (χ0n) is 12.8. The average Bonchev–Trinajstić information content (AvgIpc) is 3.21. The summed E-state index contributed by atoms with van der Waals surface area (Å²) < 4.78 is 20.0. The van der Waals surface area contributed by atoms with Gasteiger partial charge in [0, 0.05) is 18.3 Å². The van der Waals surface area contributed by atoms with E-state index in [0.29, 0.717) is 0 Å². The molecule has 1 N–H and O–H groups in total. The van der Waals surface area contributed by atoms with Gasteiger partial charge in [-0.05, 0) is 42.7 Å². The lowest BCUT2D eigenvalue weighted by Gasteiger charge is -2.27. The van der Waals surface area contributed by atoms with Gasteiger partial charge in [-0.1, -0.05) is 17.7 Å². The summed E-state index contributed by atoms with van der Waals surface area (Å²) in [5, 5.41) is 2.67. The molecule has 2 bridgehead atoms. The number of aromatic nitrogens is 1. The second-order valence-corrected chi connectivity index (χ2v) is 6.62. The van der Waals surface area contributed by atoms with Crippen LogP contribution >= 0.6 is 11.6 Å². The van der Waals surface area contributed by atoms with Gasteiger partial charge in [0.25, 0.3) is 0 Å². The van der Waals surface area contributed by atoms with Crippen molar-refractivity contribution in [2.45, 2.75) is 31.0 Å². The number of anilines is 1. The number of halogens is 2. The van der Waals surface area contributed by atoms with E-state index in [-0.39, 0.29) is 40.7 Å². The largest absolute Gasteiger partial charge is 0.373 e. The molecule has 0 radical (unpaired) electrons. The van der Waals surface area contributed by atoms with Crippen molar-refractivity contribution in [3.63, 3.8) is 0 Å². The molecule has 2 fully saturated rings. The number of amides is 1. The SMILES string of the molecule is O=C(Nc1cccc(Cl)c1F)[C@H]1[C@H](c2ccncc2)[C@@H]2CC[C@H]1O2. The van der Waals surface area contributed by atoms with Gasteiger partial charge in [0.1, 0.15) is 0 Å². The van der Waals surface area contributed by atoms with Crippen LogP contribution in [0, 0.1) is 11.7 Å². The lowest BCUT2D eigenvalue weighted by Crippen LogP contribution is -2.36. The van der Waals surface area contributed by atoms with Gasteiger partial charge in [0.15, 0.2) is 5.82 Å². The molecule has 2 aliphatic heterocycles. The van der Waals surface area contributed by atoms with E-state index in [1.54, 1.807) is 18.5 Å². The number of nitrogens with one attached hydrogen (secondary N) is 1. The highest BCUT2D eigenvalue weighted by Crippen LogP contribution is 2.49. The zero-order valence-corrected chi connectivity index (χ0v) is 13.5. The fraction of sp³-hybridized carbons (Fsp3) is 0.333. The number of pyridine rings is 1. The molecule has 6 heteroatoms. The fourth-order valence-electron chi connectivity index (χ4n) is 3.84. The van der Waals surface area contributed by atoms with Crippen LogP contribution in [0.3, 0.4) is 0 Å². The predicted octanol–water partition coefficient (Wildman–Crippen LogP) is 3.77. The lowest BCUT2D eigenvalue weighted by atomic mass is 9.75. The van der Waals surface area contributed by atoms with Crippen molar-refractivity contribution in [2.24, 2.45) is 5.92 Å². The maximum absolute atomic E-state index is 14.1. The van der Waals surface area contributed by atoms with Gasteiger partial charge in [-0.15, -0.1) is 0 Å². The third-order valence-electron chi connectivity index (χ3n) is 4.88. The summed E-state index contributed by atoms with van der Waals surface area (Å²) in [7, 11) is 0. The molecule has 124 valence electrons. The van der Waals surface area contributed by atoms with E-state index in [9.17, 15) is 9.18 Å². The van der Waals surface area contributed by atoms with Gasteiger partial charge in [-0.2, -0.15) is 0 Å². The van der Waals surface area contributed by atoms with Crippen LogP contribution in [0.2, 0.25) is 5.02 Å². The molecule has 0 spiro atoms. The van der Waals surface area contributed by atoms with Crippen molar-refractivity contribution >= 4 is 23.2 Å². The first kappa shape index (κ1) is 15.5. The summed E-state index contributed by atoms with van der Waals surface area (Å²) in [6.07, 6.45) is 5.11. The van der Waals surface area contributed by atoms with Crippen molar-refractivity contribution < 1.29 is 13.9 Å². The maximum Gasteiger partial charge on any atom is 0.230 e. The third kappa shape index (κ3) is 2.58. The van der Waals surface area contributed by atoms with E-state index in [1.165, 1.54) is 12.1 Å². The fourth-order valence-corrected chi connectivity index (χ4v) is 4.01. The van der Waals surface area contributed by atoms with Gasteiger partial charge >= 0.3 is 0 Å². The van der Waals surface area contributed by atoms with E-state index >= 15 is 0 Å². The number of hydrogen-bond donors (Lipinski definition) is 1. The zero-order chi connectivity index (χ0) is 16.7. The van der Waals surface area contributed by atoms with E-state index in [4.69, 9.17) is 16.3 Å². The number of carbonyl (C=O) groups excluding carboxylic acids is 1. The van der Waals surface area contributed by atoms with Crippen LogP contribution < -0.4 is 5.32 Å². The Hall–Kier alpha value is -1.98. The molecule has 3 heterocycles. The molecular weight excluding hydrogens is 331 g/mol. The summed E-state index contributed by atoms with van der Waals surface area (Å²) in [4.78, 5) is 16.9. The van der Waals surface area contributed by atoms with Crippen molar-refractivity contribution in [2.75, 3.05) is 5.32 Å². The highest BCUT2D eigenvalue weighted by atomic mass is 35.5. The van der Waals surface area contributed by atoms with E-state index in [2.05, 4.69) is 10.3 Å². The molecule has 1 aromatic heterocycles. The van der Waals surface area contributed by atoms with Gasteiger partial charge < -0.3 is 10.1 Å². The molecule has 0 saturated carbocycles. The summed E-state index contributed by atoms with van der Waals surface area (Å²) >= 11 is 5.79. The molecular formula is C18H16ClFN2O2. The number of benzene rings is 1.